The Hall–Kier alpha value is -3.18. The van der Waals surface area contributed by atoms with Crippen molar-refractivity contribution < 1.29 is 14.3 Å². The van der Waals surface area contributed by atoms with Gasteiger partial charge in [0.1, 0.15) is 0 Å². The molecule has 0 aliphatic carbocycles. The minimum Gasteiger partial charge on any atom is -0.449 e. The molecular weight excluding hydrogens is 430 g/mol. The topological polar surface area (TPSA) is 59.2 Å². The number of hydrogen-bond acceptors (Lipinski definition) is 3. The number of Topliss-reactive ketones (excluding diaryl/α,β-unsaturated/α-hetero) is 1. The van der Waals surface area contributed by atoms with E-state index < -0.39 is 12.1 Å². The SMILES string of the molecule is O=C(Cc1ccc(Br)cc1)OC(C(=O)c1c[nH]c2ccccc12)c1ccccc1. The zero-order valence-electron chi connectivity index (χ0n) is 15.5. The van der Waals surface area contributed by atoms with Crippen LogP contribution in [0.4, 0.5) is 0 Å². The van der Waals surface area contributed by atoms with E-state index in [0.29, 0.717) is 11.1 Å². The predicted octanol–water partition coefficient (Wildman–Crippen LogP) is 5.64. The second-order valence-corrected chi connectivity index (χ2v) is 7.61. The van der Waals surface area contributed by atoms with E-state index in [2.05, 4.69) is 20.9 Å². The maximum Gasteiger partial charge on any atom is 0.311 e. The molecule has 5 heteroatoms. The molecule has 0 spiro atoms. The van der Waals surface area contributed by atoms with Gasteiger partial charge in [-0.25, -0.2) is 0 Å². The number of esters is 1. The van der Waals surface area contributed by atoms with Crippen LogP contribution in [0.5, 0.6) is 0 Å². The molecular formula is C24H18BrNO3. The van der Waals surface area contributed by atoms with Crippen LogP contribution in [-0.2, 0) is 16.0 Å². The lowest BCUT2D eigenvalue weighted by Crippen LogP contribution is -2.21. The van der Waals surface area contributed by atoms with E-state index in [1.807, 2.05) is 66.7 Å². The van der Waals surface area contributed by atoms with Crippen molar-refractivity contribution in [1.82, 2.24) is 4.98 Å². The van der Waals surface area contributed by atoms with Crippen molar-refractivity contribution in [2.24, 2.45) is 0 Å². The number of carbonyl (C=O) groups excluding carboxylic acids is 2. The molecule has 1 N–H and O–H groups in total. The summed E-state index contributed by atoms with van der Waals surface area (Å²) in [6, 6.07) is 24.1. The second-order valence-electron chi connectivity index (χ2n) is 6.70. The van der Waals surface area contributed by atoms with Crippen LogP contribution in [0.3, 0.4) is 0 Å². The van der Waals surface area contributed by atoms with Gasteiger partial charge in [0.25, 0.3) is 0 Å². The molecule has 4 aromatic rings. The molecule has 0 aliphatic heterocycles. The van der Waals surface area contributed by atoms with Gasteiger partial charge in [0, 0.05) is 32.7 Å². The Morgan fingerprint density at radius 3 is 2.34 bits per heavy atom. The molecule has 0 saturated heterocycles. The Kier molecular flexibility index (Phi) is 5.58. The maximum absolute atomic E-state index is 13.3. The fourth-order valence-electron chi connectivity index (χ4n) is 3.26. The number of aromatic amines is 1. The lowest BCUT2D eigenvalue weighted by Gasteiger charge is -2.17. The molecule has 3 aromatic carbocycles. The Labute approximate surface area is 176 Å². The molecule has 0 saturated carbocycles. The minimum atomic E-state index is -1.00. The monoisotopic (exact) mass is 447 g/mol. The normalized spacial score (nSPS) is 11.9. The summed E-state index contributed by atoms with van der Waals surface area (Å²) in [7, 11) is 0. The smallest absolute Gasteiger partial charge is 0.311 e. The third-order valence-corrected chi connectivity index (χ3v) is 5.23. The van der Waals surface area contributed by atoms with Crippen LogP contribution in [0.25, 0.3) is 10.9 Å². The van der Waals surface area contributed by atoms with Gasteiger partial charge in [-0.2, -0.15) is 0 Å². The molecule has 0 radical (unpaired) electrons. The molecule has 0 fully saturated rings. The first kappa shape index (κ1) is 19.2. The quantitative estimate of drug-likeness (QED) is 0.307. The van der Waals surface area contributed by atoms with Crippen LogP contribution in [0.2, 0.25) is 0 Å². The number of benzene rings is 3. The number of ether oxygens (including phenoxy) is 1. The summed E-state index contributed by atoms with van der Waals surface area (Å²) in [4.78, 5) is 29.1. The zero-order chi connectivity index (χ0) is 20.2. The maximum atomic E-state index is 13.3. The molecule has 0 bridgehead atoms. The van der Waals surface area contributed by atoms with E-state index >= 15 is 0 Å². The molecule has 4 nitrogen and oxygen atoms in total. The minimum absolute atomic E-state index is 0.0950. The van der Waals surface area contributed by atoms with Crippen molar-refractivity contribution in [3.8, 4) is 0 Å². The summed E-state index contributed by atoms with van der Waals surface area (Å²) < 4.78 is 6.63. The molecule has 1 atom stereocenters. The highest BCUT2D eigenvalue weighted by Crippen LogP contribution is 2.27. The van der Waals surface area contributed by atoms with Gasteiger partial charge < -0.3 is 9.72 Å². The average molecular weight is 448 g/mol. The van der Waals surface area contributed by atoms with Crippen LogP contribution in [-0.4, -0.2) is 16.7 Å². The van der Waals surface area contributed by atoms with E-state index in [9.17, 15) is 9.59 Å². The van der Waals surface area contributed by atoms with Gasteiger partial charge in [0.2, 0.25) is 5.78 Å². The van der Waals surface area contributed by atoms with E-state index in [1.165, 1.54) is 0 Å². The zero-order valence-corrected chi connectivity index (χ0v) is 17.1. The number of aromatic nitrogens is 1. The number of H-pyrrole nitrogens is 1. The van der Waals surface area contributed by atoms with Gasteiger partial charge >= 0.3 is 5.97 Å². The Bertz CT molecular complexity index is 1150. The van der Waals surface area contributed by atoms with Gasteiger partial charge in [-0.05, 0) is 23.8 Å². The molecule has 144 valence electrons. The van der Waals surface area contributed by atoms with Gasteiger partial charge in [-0.1, -0.05) is 76.6 Å². The Balaban J connectivity index is 1.62. The summed E-state index contributed by atoms with van der Waals surface area (Å²) in [5.41, 5.74) is 2.84. The van der Waals surface area contributed by atoms with Gasteiger partial charge in [-0.15, -0.1) is 0 Å². The average Bonchev–Trinajstić information content (AvgIpc) is 3.18. The number of rotatable bonds is 6. The van der Waals surface area contributed by atoms with E-state index in [1.54, 1.807) is 18.3 Å². The van der Waals surface area contributed by atoms with Crippen molar-refractivity contribution >= 4 is 38.6 Å². The summed E-state index contributed by atoms with van der Waals surface area (Å²) >= 11 is 3.38. The molecule has 1 unspecified atom stereocenters. The molecule has 0 aliphatic rings. The number of para-hydroxylation sites is 1. The number of hydrogen-bond donors (Lipinski definition) is 1. The number of fused-ring (bicyclic) bond motifs is 1. The third kappa shape index (κ3) is 4.30. The van der Waals surface area contributed by atoms with Crippen molar-refractivity contribution in [3.63, 3.8) is 0 Å². The van der Waals surface area contributed by atoms with Crippen molar-refractivity contribution in [2.75, 3.05) is 0 Å². The first-order chi connectivity index (χ1) is 14.1. The fourth-order valence-corrected chi connectivity index (χ4v) is 3.52. The number of carbonyl (C=O) groups is 2. The van der Waals surface area contributed by atoms with Gasteiger partial charge in [0.05, 0.1) is 6.42 Å². The summed E-state index contributed by atoms with van der Waals surface area (Å²) in [5, 5.41) is 0.808. The van der Waals surface area contributed by atoms with Crippen molar-refractivity contribution in [1.29, 1.82) is 0 Å². The summed E-state index contributed by atoms with van der Waals surface area (Å²) in [6.07, 6.45) is 0.766. The van der Waals surface area contributed by atoms with E-state index in [-0.39, 0.29) is 12.2 Å². The first-order valence-electron chi connectivity index (χ1n) is 9.21. The standard InChI is InChI=1S/C24H18BrNO3/c25-18-12-10-16(11-13-18)14-22(27)29-24(17-6-2-1-3-7-17)23(28)20-15-26-21-9-5-4-8-19(20)21/h1-13,15,24,26H,14H2. The number of ketones is 1. The van der Waals surface area contributed by atoms with Crippen LogP contribution in [0.1, 0.15) is 27.6 Å². The highest BCUT2D eigenvalue weighted by molar-refractivity contribution is 9.10. The van der Waals surface area contributed by atoms with Crippen LogP contribution >= 0.6 is 15.9 Å². The summed E-state index contributed by atoms with van der Waals surface area (Å²) in [5.74, 6) is -0.702. The Morgan fingerprint density at radius 2 is 1.59 bits per heavy atom. The van der Waals surface area contributed by atoms with Crippen LogP contribution in [0.15, 0.2) is 89.5 Å². The molecule has 1 heterocycles. The second kappa shape index (κ2) is 8.45. The lowest BCUT2D eigenvalue weighted by molar-refractivity contribution is -0.146. The van der Waals surface area contributed by atoms with E-state index in [4.69, 9.17) is 4.74 Å². The molecule has 29 heavy (non-hydrogen) atoms. The van der Waals surface area contributed by atoms with Gasteiger partial charge in [0.15, 0.2) is 6.10 Å². The predicted molar refractivity (Wildman–Crippen MR) is 116 cm³/mol. The molecule has 1 aromatic heterocycles. The fraction of sp³-hybridized carbons (Fsp3) is 0.0833. The molecule has 0 amide bonds. The number of halogens is 1. The van der Waals surface area contributed by atoms with Crippen LogP contribution < -0.4 is 0 Å². The van der Waals surface area contributed by atoms with Crippen LogP contribution in [0, 0.1) is 0 Å². The van der Waals surface area contributed by atoms with Crippen molar-refractivity contribution in [3.05, 3.63) is 106 Å². The molecule has 4 rings (SSSR count). The largest absolute Gasteiger partial charge is 0.449 e. The van der Waals surface area contributed by atoms with Gasteiger partial charge in [-0.3, -0.25) is 9.59 Å². The van der Waals surface area contributed by atoms with Crippen molar-refractivity contribution in [2.45, 2.75) is 12.5 Å². The lowest BCUT2D eigenvalue weighted by atomic mass is 9.99. The third-order valence-electron chi connectivity index (χ3n) is 4.71. The first-order valence-corrected chi connectivity index (χ1v) is 10.0. The van der Waals surface area contributed by atoms with E-state index in [0.717, 1.165) is 20.9 Å². The summed E-state index contributed by atoms with van der Waals surface area (Å²) in [6.45, 7) is 0. The number of nitrogens with one attached hydrogen (secondary N) is 1. The Morgan fingerprint density at radius 1 is 0.897 bits per heavy atom. The highest BCUT2D eigenvalue weighted by atomic mass is 79.9. The highest BCUT2D eigenvalue weighted by Gasteiger charge is 2.28.